The molecule has 3 nitrogen and oxygen atoms in total. The van der Waals surface area contributed by atoms with Gasteiger partial charge >= 0.3 is 0 Å². The zero-order valence-corrected chi connectivity index (χ0v) is 10.9. The Hall–Kier alpha value is -0.940. The highest BCUT2D eigenvalue weighted by Crippen LogP contribution is 2.25. The number of hydrogen-bond donors (Lipinski definition) is 1. The number of nitrogens with zero attached hydrogens (tertiary/aromatic N) is 1. The van der Waals surface area contributed by atoms with Gasteiger partial charge in [0.25, 0.3) is 5.91 Å². The van der Waals surface area contributed by atoms with Crippen molar-refractivity contribution in [2.75, 3.05) is 13.1 Å². The van der Waals surface area contributed by atoms with Gasteiger partial charge in [-0.2, -0.15) is 0 Å². The van der Waals surface area contributed by atoms with Gasteiger partial charge < -0.3 is 10.6 Å². The first-order valence-electron chi connectivity index (χ1n) is 5.60. The van der Waals surface area contributed by atoms with Crippen LogP contribution in [0.2, 0.25) is 0 Å². The molecule has 1 atom stereocenters. The summed E-state index contributed by atoms with van der Waals surface area (Å²) in [7, 11) is 0. The van der Waals surface area contributed by atoms with Crippen LogP contribution in [-0.4, -0.2) is 29.9 Å². The van der Waals surface area contributed by atoms with Crippen LogP contribution in [0.5, 0.6) is 0 Å². The minimum absolute atomic E-state index is 0.0361. The van der Waals surface area contributed by atoms with Gasteiger partial charge in [0.1, 0.15) is 5.82 Å². The molecule has 0 saturated carbocycles. The largest absolute Gasteiger partial charge is 0.334 e. The Labute approximate surface area is 108 Å². The topological polar surface area (TPSA) is 46.3 Å². The molecular formula is C12H14BrFN2O. The average Bonchev–Trinajstić information content (AvgIpc) is 2.76. The van der Waals surface area contributed by atoms with Crippen molar-refractivity contribution in [3.05, 3.63) is 34.1 Å². The number of hydrogen-bond acceptors (Lipinski definition) is 2. The van der Waals surface area contributed by atoms with Crippen LogP contribution in [0.1, 0.15) is 23.2 Å². The second kappa shape index (κ2) is 5.14. The Bertz CT molecular complexity index is 418. The van der Waals surface area contributed by atoms with Gasteiger partial charge in [0.15, 0.2) is 0 Å². The summed E-state index contributed by atoms with van der Waals surface area (Å²) in [5.74, 6) is -0.769. The smallest absolute Gasteiger partial charge is 0.258 e. The van der Waals surface area contributed by atoms with Crippen molar-refractivity contribution in [2.45, 2.75) is 18.9 Å². The quantitative estimate of drug-likeness (QED) is 0.910. The standard InChI is InChI=1S/C12H14BrFN2O/c13-9-4-1-5-10(14)11(9)12(17)16-6-2-3-8(16)7-15/h1,4-5,8H,2-3,6-7,15H2. The molecule has 1 amide bonds. The second-order valence-electron chi connectivity index (χ2n) is 4.13. The van der Waals surface area contributed by atoms with E-state index in [1.54, 1.807) is 17.0 Å². The van der Waals surface area contributed by atoms with Crippen LogP contribution >= 0.6 is 15.9 Å². The molecule has 1 aromatic rings. The fraction of sp³-hybridized carbons (Fsp3) is 0.417. The summed E-state index contributed by atoms with van der Waals surface area (Å²) in [4.78, 5) is 13.9. The average molecular weight is 301 g/mol. The summed E-state index contributed by atoms with van der Waals surface area (Å²) in [5.41, 5.74) is 5.72. The van der Waals surface area contributed by atoms with Crippen LogP contribution in [0.3, 0.4) is 0 Å². The number of nitrogens with two attached hydrogens (primary N) is 1. The predicted octanol–water partition coefficient (Wildman–Crippen LogP) is 2.15. The van der Waals surface area contributed by atoms with Crippen molar-refractivity contribution in [2.24, 2.45) is 5.73 Å². The molecule has 0 aromatic heterocycles. The van der Waals surface area contributed by atoms with Gasteiger partial charge in [-0.1, -0.05) is 6.07 Å². The molecule has 0 aliphatic carbocycles. The van der Waals surface area contributed by atoms with Crippen LogP contribution in [0, 0.1) is 5.82 Å². The second-order valence-corrected chi connectivity index (χ2v) is 4.98. The van der Waals surface area contributed by atoms with Gasteiger partial charge in [0, 0.05) is 23.6 Å². The molecule has 2 N–H and O–H groups in total. The predicted molar refractivity (Wildman–Crippen MR) is 67.2 cm³/mol. The highest BCUT2D eigenvalue weighted by molar-refractivity contribution is 9.10. The summed E-state index contributed by atoms with van der Waals surface area (Å²) in [6.45, 7) is 1.08. The van der Waals surface area contributed by atoms with Crippen molar-refractivity contribution in [3.63, 3.8) is 0 Å². The van der Waals surface area contributed by atoms with E-state index in [4.69, 9.17) is 5.73 Å². The number of carbonyl (C=O) groups is 1. The van der Waals surface area contributed by atoms with Crippen LogP contribution in [0.15, 0.2) is 22.7 Å². The van der Waals surface area contributed by atoms with Crippen molar-refractivity contribution < 1.29 is 9.18 Å². The van der Waals surface area contributed by atoms with Crippen molar-refractivity contribution in [3.8, 4) is 0 Å². The maximum atomic E-state index is 13.7. The van der Waals surface area contributed by atoms with Gasteiger partial charge in [-0.15, -0.1) is 0 Å². The fourth-order valence-corrected chi connectivity index (χ4v) is 2.71. The van der Waals surface area contributed by atoms with E-state index in [9.17, 15) is 9.18 Å². The highest BCUT2D eigenvalue weighted by Gasteiger charge is 2.30. The molecule has 1 aliphatic heterocycles. The Kier molecular flexibility index (Phi) is 3.79. The molecule has 5 heteroatoms. The van der Waals surface area contributed by atoms with Crippen LogP contribution in [0.4, 0.5) is 4.39 Å². The molecule has 1 aliphatic rings. The molecule has 1 heterocycles. The van der Waals surface area contributed by atoms with Gasteiger partial charge in [0.2, 0.25) is 0 Å². The van der Waals surface area contributed by atoms with E-state index in [1.807, 2.05) is 0 Å². The van der Waals surface area contributed by atoms with Gasteiger partial charge in [-0.25, -0.2) is 4.39 Å². The van der Waals surface area contributed by atoms with E-state index in [1.165, 1.54) is 6.07 Å². The number of likely N-dealkylation sites (tertiary alicyclic amines) is 1. The summed E-state index contributed by atoms with van der Waals surface area (Å²) < 4.78 is 14.2. The fourth-order valence-electron chi connectivity index (χ4n) is 2.19. The van der Waals surface area contributed by atoms with Gasteiger partial charge in [-0.05, 0) is 40.9 Å². The SMILES string of the molecule is NCC1CCCN1C(=O)c1c(F)cccc1Br. The zero-order valence-electron chi connectivity index (χ0n) is 9.33. The number of carbonyl (C=O) groups excluding carboxylic acids is 1. The Morgan fingerprint density at radius 1 is 1.59 bits per heavy atom. The third-order valence-electron chi connectivity index (χ3n) is 3.09. The lowest BCUT2D eigenvalue weighted by atomic mass is 10.1. The lowest BCUT2D eigenvalue weighted by molar-refractivity contribution is 0.0735. The Morgan fingerprint density at radius 3 is 3.00 bits per heavy atom. The van der Waals surface area contributed by atoms with Gasteiger partial charge in [-0.3, -0.25) is 4.79 Å². The summed E-state index contributed by atoms with van der Waals surface area (Å²) in [6.07, 6.45) is 1.83. The Balaban J connectivity index is 2.31. The van der Waals surface area contributed by atoms with Crippen LogP contribution in [-0.2, 0) is 0 Å². The molecule has 92 valence electrons. The summed E-state index contributed by atoms with van der Waals surface area (Å²) in [5, 5.41) is 0. The van der Waals surface area contributed by atoms with E-state index in [-0.39, 0.29) is 17.5 Å². The third-order valence-corrected chi connectivity index (χ3v) is 3.75. The van der Waals surface area contributed by atoms with Crippen molar-refractivity contribution in [1.29, 1.82) is 0 Å². The number of rotatable bonds is 2. The van der Waals surface area contributed by atoms with Crippen molar-refractivity contribution >= 4 is 21.8 Å². The van der Waals surface area contributed by atoms with Gasteiger partial charge in [0.05, 0.1) is 5.56 Å². The number of benzene rings is 1. The van der Waals surface area contributed by atoms with E-state index >= 15 is 0 Å². The minimum atomic E-state index is -0.493. The molecule has 17 heavy (non-hydrogen) atoms. The van der Waals surface area contributed by atoms with Crippen LogP contribution < -0.4 is 5.73 Å². The van der Waals surface area contributed by atoms with Crippen LogP contribution in [0.25, 0.3) is 0 Å². The van der Waals surface area contributed by atoms with E-state index in [0.717, 1.165) is 12.8 Å². The zero-order chi connectivity index (χ0) is 12.4. The maximum absolute atomic E-state index is 13.7. The molecule has 1 saturated heterocycles. The van der Waals surface area contributed by atoms with E-state index in [0.29, 0.717) is 17.6 Å². The molecule has 0 radical (unpaired) electrons. The van der Waals surface area contributed by atoms with E-state index < -0.39 is 5.82 Å². The minimum Gasteiger partial charge on any atom is -0.334 e. The first kappa shape index (κ1) is 12.5. The first-order chi connectivity index (χ1) is 8.15. The number of amides is 1. The normalized spacial score (nSPS) is 19.7. The molecule has 1 unspecified atom stereocenters. The molecule has 1 fully saturated rings. The monoisotopic (exact) mass is 300 g/mol. The molecule has 1 aromatic carbocycles. The number of halogens is 2. The highest BCUT2D eigenvalue weighted by atomic mass is 79.9. The summed E-state index contributed by atoms with van der Waals surface area (Å²) >= 11 is 3.22. The lowest BCUT2D eigenvalue weighted by Gasteiger charge is -2.24. The maximum Gasteiger partial charge on any atom is 0.258 e. The lowest BCUT2D eigenvalue weighted by Crippen LogP contribution is -2.40. The first-order valence-corrected chi connectivity index (χ1v) is 6.39. The summed E-state index contributed by atoms with van der Waals surface area (Å²) in [6, 6.07) is 4.57. The molecule has 2 rings (SSSR count). The van der Waals surface area contributed by atoms with Crippen molar-refractivity contribution in [1.82, 2.24) is 4.90 Å². The Morgan fingerprint density at radius 2 is 2.35 bits per heavy atom. The molecular weight excluding hydrogens is 287 g/mol. The third kappa shape index (κ3) is 2.35. The van der Waals surface area contributed by atoms with E-state index in [2.05, 4.69) is 15.9 Å². The molecule has 0 spiro atoms. The molecule has 0 bridgehead atoms.